The third kappa shape index (κ3) is 2.00. The molecule has 0 saturated heterocycles. The number of halogens is 1. The van der Waals surface area contributed by atoms with Crippen LogP contribution < -0.4 is 4.90 Å². The van der Waals surface area contributed by atoms with Crippen molar-refractivity contribution in [2.75, 3.05) is 4.90 Å². The van der Waals surface area contributed by atoms with Crippen molar-refractivity contribution < 1.29 is 14.5 Å². The number of fused-ring (bicyclic) bond motifs is 1. The molecule has 0 saturated carbocycles. The first-order valence-electron chi connectivity index (χ1n) is 5.93. The highest BCUT2D eigenvalue weighted by Gasteiger charge is 2.40. The molecular weight excluding hydrogens is 387 g/mol. The lowest BCUT2D eigenvalue weighted by Crippen LogP contribution is -2.30. The summed E-state index contributed by atoms with van der Waals surface area (Å²) in [5.74, 6) is -1.08. The predicted octanol–water partition coefficient (Wildman–Crippen LogP) is 3.00. The Morgan fingerprint density at radius 2 is 1.52 bits per heavy atom. The number of nitro benzene ring substituents is 1. The number of imide groups is 1. The Hall–Kier alpha value is -2.29. The molecule has 2 amide bonds. The molecule has 0 radical (unpaired) electrons. The van der Waals surface area contributed by atoms with Gasteiger partial charge < -0.3 is 0 Å². The molecule has 2 aromatic rings. The highest BCUT2D eigenvalue weighted by Crippen LogP contribution is 2.37. The number of nitrogens with zero attached hydrogens (tertiary/aromatic N) is 2. The second-order valence-corrected chi connectivity index (χ2v) is 5.52. The number of anilines is 1. The summed E-state index contributed by atoms with van der Waals surface area (Å²) in [5.41, 5.74) is 0.276. The number of amides is 2. The van der Waals surface area contributed by atoms with Crippen LogP contribution in [0, 0.1) is 13.7 Å². The van der Waals surface area contributed by atoms with Crippen LogP contribution in [0.5, 0.6) is 0 Å². The van der Waals surface area contributed by atoms with Gasteiger partial charge in [0, 0.05) is 9.64 Å². The first-order valence-corrected chi connectivity index (χ1v) is 7.01. The lowest BCUT2D eigenvalue weighted by molar-refractivity contribution is -0.384. The molecule has 2 aromatic carbocycles. The number of hydrogen-bond acceptors (Lipinski definition) is 4. The van der Waals surface area contributed by atoms with Gasteiger partial charge in [-0.25, -0.2) is 4.90 Å². The average molecular weight is 394 g/mol. The van der Waals surface area contributed by atoms with Crippen LogP contribution in [-0.4, -0.2) is 16.7 Å². The van der Waals surface area contributed by atoms with Gasteiger partial charge in [-0.05, 0) is 40.8 Å². The van der Waals surface area contributed by atoms with Crippen LogP contribution in [0.15, 0.2) is 42.5 Å². The molecule has 0 spiro atoms. The van der Waals surface area contributed by atoms with Crippen molar-refractivity contribution >= 4 is 45.8 Å². The van der Waals surface area contributed by atoms with Crippen molar-refractivity contribution in [3.63, 3.8) is 0 Å². The van der Waals surface area contributed by atoms with Gasteiger partial charge in [-0.2, -0.15) is 0 Å². The molecule has 21 heavy (non-hydrogen) atoms. The summed E-state index contributed by atoms with van der Waals surface area (Å²) >= 11 is 1.88. The number of nitro groups is 1. The van der Waals surface area contributed by atoms with Gasteiger partial charge in [-0.15, -0.1) is 0 Å². The Morgan fingerprint density at radius 3 is 2.05 bits per heavy atom. The summed E-state index contributed by atoms with van der Waals surface area (Å²) < 4.78 is 0.469. The maximum absolute atomic E-state index is 12.4. The molecule has 0 unspecified atom stereocenters. The van der Waals surface area contributed by atoms with E-state index in [2.05, 4.69) is 0 Å². The van der Waals surface area contributed by atoms with E-state index in [1.807, 2.05) is 22.6 Å². The van der Waals surface area contributed by atoms with Crippen molar-refractivity contribution in [3.8, 4) is 0 Å². The van der Waals surface area contributed by atoms with Crippen LogP contribution in [0.25, 0.3) is 0 Å². The van der Waals surface area contributed by atoms with Crippen molar-refractivity contribution in [1.29, 1.82) is 0 Å². The Morgan fingerprint density at radius 1 is 0.952 bits per heavy atom. The Balaban J connectivity index is 2.23. The largest absolute Gasteiger partial charge is 0.294 e. The van der Waals surface area contributed by atoms with Gasteiger partial charge in [0.2, 0.25) is 0 Å². The van der Waals surface area contributed by atoms with Crippen LogP contribution in [0.2, 0.25) is 0 Å². The highest BCUT2D eigenvalue weighted by atomic mass is 127. The lowest BCUT2D eigenvalue weighted by atomic mass is 10.1. The summed E-state index contributed by atoms with van der Waals surface area (Å²) in [5, 5.41) is 11.2. The molecule has 1 aliphatic heterocycles. The van der Waals surface area contributed by atoms with Crippen LogP contribution in [0.1, 0.15) is 20.7 Å². The van der Waals surface area contributed by atoms with E-state index >= 15 is 0 Å². The van der Waals surface area contributed by atoms with E-state index in [9.17, 15) is 19.7 Å². The van der Waals surface area contributed by atoms with E-state index in [4.69, 9.17) is 0 Å². The maximum atomic E-state index is 12.4. The fraction of sp³-hybridized carbons (Fsp3) is 0. The third-order valence-corrected chi connectivity index (χ3v) is 4.05. The monoisotopic (exact) mass is 394 g/mol. The van der Waals surface area contributed by atoms with Gasteiger partial charge in [-0.1, -0.05) is 18.2 Å². The number of carbonyl (C=O) groups excluding carboxylic acids is 2. The molecule has 7 heteroatoms. The molecule has 1 aliphatic rings. The van der Waals surface area contributed by atoms with E-state index in [1.54, 1.807) is 18.2 Å². The van der Waals surface area contributed by atoms with Crippen molar-refractivity contribution in [1.82, 2.24) is 0 Å². The Kier molecular flexibility index (Phi) is 3.20. The van der Waals surface area contributed by atoms with E-state index in [-0.39, 0.29) is 22.5 Å². The topological polar surface area (TPSA) is 80.5 Å². The van der Waals surface area contributed by atoms with Gasteiger partial charge in [0.05, 0.1) is 16.1 Å². The number of para-hydroxylation sites is 1. The van der Waals surface area contributed by atoms with Gasteiger partial charge in [0.15, 0.2) is 0 Å². The smallest absolute Gasteiger partial charge is 0.268 e. The second kappa shape index (κ2) is 4.92. The summed E-state index contributed by atoms with van der Waals surface area (Å²) in [4.78, 5) is 36.3. The van der Waals surface area contributed by atoms with Crippen LogP contribution in [0.3, 0.4) is 0 Å². The molecule has 0 fully saturated rings. The summed E-state index contributed by atoms with van der Waals surface area (Å²) in [6, 6.07) is 10.8. The van der Waals surface area contributed by atoms with Gasteiger partial charge in [-0.3, -0.25) is 19.7 Å². The number of rotatable bonds is 2. The molecule has 0 bridgehead atoms. The molecule has 0 N–H and O–H groups in total. The quantitative estimate of drug-likeness (QED) is 0.340. The van der Waals surface area contributed by atoms with E-state index in [0.717, 1.165) is 4.90 Å². The van der Waals surface area contributed by atoms with Gasteiger partial charge in [0.25, 0.3) is 17.5 Å². The maximum Gasteiger partial charge on any atom is 0.294 e. The number of hydrogen-bond donors (Lipinski definition) is 0. The molecular formula is C14H7IN2O4. The fourth-order valence-corrected chi connectivity index (χ4v) is 2.99. The SMILES string of the molecule is O=C1c2ccccc2C(=O)N1c1c(I)cccc1[N+](=O)[O-]. The molecule has 0 aliphatic carbocycles. The number of carbonyl (C=O) groups is 2. The molecule has 104 valence electrons. The molecule has 6 nitrogen and oxygen atoms in total. The summed E-state index contributed by atoms with van der Waals surface area (Å²) in [6.45, 7) is 0. The molecule has 3 rings (SSSR count). The molecule has 0 atom stereocenters. The standard InChI is InChI=1S/C14H7IN2O4/c15-10-6-3-7-11(17(20)21)12(10)16-13(18)8-4-1-2-5-9(8)14(16)19/h1-7H. The van der Waals surface area contributed by atoms with Crippen LogP contribution in [0.4, 0.5) is 11.4 Å². The fourth-order valence-electron chi connectivity index (χ4n) is 2.26. The first kappa shape index (κ1) is 13.7. The van der Waals surface area contributed by atoms with Crippen molar-refractivity contribution in [2.24, 2.45) is 0 Å². The van der Waals surface area contributed by atoms with Crippen LogP contribution in [-0.2, 0) is 0 Å². The van der Waals surface area contributed by atoms with E-state index < -0.39 is 16.7 Å². The normalized spacial score (nSPS) is 13.5. The predicted molar refractivity (Wildman–Crippen MR) is 83.4 cm³/mol. The van der Waals surface area contributed by atoms with E-state index in [1.165, 1.54) is 24.3 Å². The zero-order chi connectivity index (χ0) is 15.1. The minimum Gasteiger partial charge on any atom is -0.268 e. The molecule has 0 aromatic heterocycles. The minimum absolute atomic E-state index is 0.0225. The first-order chi connectivity index (χ1) is 10.0. The Labute approximate surface area is 132 Å². The Bertz CT molecular complexity index is 768. The number of benzene rings is 2. The average Bonchev–Trinajstić information content (AvgIpc) is 2.72. The zero-order valence-corrected chi connectivity index (χ0v) is 12.6. The summed E-state index contributed by atoms with van der Waals surface area (Å²) in [7, 11) is 0. The summed E-state index contributed by atoms with van der Waals surface area (Å²) in [6.07, 6.45) is 0. The van der Waals surface area contributed by atoms with Crippen molar-refractivity contribution in [2.45, 2.75) is 0 Å². The van der Waals surface area contributed by atoms with E-state index in [0.29, 0.717) is 3.57 Å². The zero-order valence-electron chi connectivity index (χ0n) is 10.4. The molecule has 1 heterocycles. The highest BCUT2D eigenvalue weighted by molar-refractivity contribution is 14.1. The lowest BCUT2D eigenvalue weighted by Gasteiger charge is -2.15. The second-order valence-electron chi connectivity index (χ2n) is 4.36. The van der Waals surface area contributed by atoms with Gasteiger partial charge >= 0.3 is 0 Å². The van der Waals surface area contributed by atoms with Crippen LogP contribution >= 0.6 is 22.6 Å². The van der Waals surface area contributed by atoms with Gasteiger partial charge in [0.1, 0.15) is 5.69 Å². The minimum atomic E-state index is -0.596. The third-order valence-electron chi connectivity index (χ3n) is 3.18. The van der Waals surface area contributed by atoms with Crippen molar-refractivity contribution in [3.05, 3.63) is 67.3 Å².